The summed E-state index contributed by atoms with van der Waals surface area (Å²) >= 11 is 3.63. The summed E-state index contributed by atoms with van der Waals surface area (Å²) in [7, 11) is -4.80. The van der Waals surface area contributed by atoms with Crippen LogP contribution in [-0.2, 0) is 84.7 Å². The molecule has 0 aromatic rings. The Labute approximate surface area is 589 Å². The molecule has 3 aliphatic heterocycles. The zero-order valence-corrected chi connectivity index (χ0v) is 60.4. The molecule has 3 heterocycles. The van der Waals surface area contributed by atoms with Gasteiger partial charge in [0.15, 0.2) is 12.6 Å². The first-order valence-electron chi connectivity index (χ1n) is 34.6. The number of aliphatic hydroxyl groups is 7. The van der Waals surface area contributed by atoms with E-state index < -0.39 is 157 Å². The molecule has 6 unspecified atom stereocenters. The number of phosphoric ester groups is 1. The molecule has 0 saturated carbocycles. The van der Waals surface area contributed by atoms with Gasteiger partial charge in [0.1, 0.15) is 42.5 Å². The molecule has 0 spiro atoms. The Hall–Kier alpha value is -4.15. The number of phosphoric acid groups is 1. The van der Waals surface area contributed by atoms with Gasteiger partial charge >= 0.3 is 14.6 Å². The summed E-state index contributed by atoms with van der Waals surface area (Å²) in [4.78, 5) is 116. The monoisotopic (exact) mass is 1500 g/mol. The number of hydrogen-bond donors (Lipinski definition) is 17. The first kappa shape index (κ1) is 90.1. The quantitative estimate of drug-likeness (QED) is 0.00880. The fraction of sp³-hybridized carbons (Fsp3) is 0.869. The van der Waals surface area contributed by atoms with E-state index in [0.29, 0.717) is 109 Å². The number of carbonyl (C=O) groups is 8. The number of nitrogens with one attached hydrogen (secondary N) is 6. The van der Waals surface area contributed by atoms with Gasteiger partial charge < -0.3 is 107 Å². The Bertz CT molecular complexity index is 2550. The molecule has 0 aromatic heterocycles. The van der Waals surface area contributed by atoms with Gasteiger partial charge in [-0.25, -0.2) is 14.4 Å². The molecule has 3 fully saturated rings. The van der Waals surface area contributed by atoms with E-state index in [1.807, 2.05) is 0 Å². The molecule has 0 radical (unpaired) electrons. The van der Waals surface area contributed by atoms with Gasteiger partial charge in [-0.2, -0.15) is 0 Å². The van der Waals surface area contributed by atoms with Gasteiger partial charge in [0.05, 0.1) is 63.4 Å². The van der Waals surface area contributed by atoms with Crippen molar-refractivity contribution in [2.24, 2.45) is 5.73 Å². The van der Waals surface area contributed by atoms with Crippen LogP contribution in [0, 0.1) is 0 Å². The maximum absolute atomic E-state index is 13.6. The smallest absolute Gasteiger partial charge is 0.394 e. The SMILES string of the molecule is CC(=O)NC(CO)[C@H](OCCCCC(=O)NCCCC[C@H](NC(=O)CCCCOC1OC(CO)[C@H](O)[C@H](O)[C@@H]1NC(C)=O)C(=O)NCCCCCC(=O)NCCCCCC(=O)N1C[C@H](O)C[C@H]1COP(=O)(O)O[C@@H]1C[C@@H](COP(=O)(S)OO)N(C(=O)CCCCCN)C1)OC(CO)[C@@H](C)O. The molecule has 580 valence electrons. The van der Waals surface area contributed by atoms with Crippen molar-refractivity contribution in [1.82, 2.24) is 41.7 Å². The molecule has 3 rings (SSSR count). The molecule has 0 aliphatic carbocycles. The highest BCUT2D eigenvalue weighted by Crippen LogP contribution is 2.53. The number of thiol groups is 1. The minimum Gasteiger partial charge on any atom is -0.394 e. The van der Waals surface area contributed by atoms with E-state index >= 15 is 0 Å². The Morgan fingerprint density at radius 2 is 1.22 bits per heavy atom. The molecule has 8 amide bonds. The van der Waals surface area contributed by atoms with Crippen molar-refractivity contribution in [3.63, 3.8) is 0 Å². The van der Waals surface area contributed by atoms with E-state index in [1.165, 1.54) is 30.6 Å². The van der Waals surface area contributed by atoms with Gasteiger partial charge in [0, 0.05) is 91.9 Å². The number of ether oxygens (including phenoxy) is 4. The second-order valence-corrected chi connectivity index (χ2v) is 29.5. The number of rotatable bonds is 54. The summed E-state index contributed by atoms with van der Waals surface area (Å²) in [6.45, 7) is -1.58. The lowest BCUT2D eigenvalue weighted by Crippen LogP contribution is -2.64. The normalized spacial score (nSPS) is 23.5. The van der Waals surface area contributed by atoms with Crippen molar-refractivity contribution < 1.29 is 131 Å². The molecular formula is C61H113N9O27P2S. The third-order valence-corrected chi connectivity index (χ3v) is 19.1. The van der Waals surface area contributed by atoms with Crippen LogP contribution in [0.15, 0.2) is 0 Å². The van der Waals surface area contributed by atoms with Crippen LogP contribution in [-0.4, -0.2) is 274 Å². The van der Waals surface area contributed by atoms with Crippen molar-refractivity contribution in [2.75, 3.05) is 85.5 Å². The van der Waals surface area contributed by atoms with Crippen LogP contribution in [0.1, 0.15) is 168 Å². The van der Waals surface area contributed by atoms with Gasteiger partial charge in [-0.1, -0.05) is 31.5 Å². The molecule has 17 N–H and O–H groups in total. The Balaban J connectivity index is 1.41. The second-order valence-electron chi connectivity index (χ2n) is 25.2. The largest absolute Gasteiger partial charge is 0.472 e. The summed E-state index contributed by atoms with van der Waals surface area (Å²) in [5.74, 6) is -2.89. The lowest BCUT2D eigenvalue weighted by Gasteiger charge is -2.42. The number of likely N-dealkylation sites (tertiary alicyclic amines) is 2. The maximum atomic E-state index is 13.6. The summed E-state index contributed by atoms with van der Waals surface area (Å²) < 4.78 is 67.6. The maximum Gasteiger partial charge on any atom is 0.472 e. The van der Waals surface area contributed by atoms with E-state index in [4.69, 9.17) is 43.5 Å². The van der Waals surface area contributed by atoms with Crippen molar-refractivity contribution in [3.8, 4) is 0 Å². The second kappa shape index (κ2) is 49.5. The highest BCUT2D eigenvalue weighted by Gasteiger charge is 2.46. The molecule has 3 aliphatic rings. The van der Waals surface area contributed by atoms with Gasteiger partial charge in [0.25, 0.3) is 0 Å². The fourth-order valence-corrected chi connectivity index (χ4v) is 12.9. The number of hydrogen-bond acceptors (Lipinski definition) is 27. The number of nitrogens with two attached hydrogens (primary N) is 1. The lowest BCUT2D eigenvalue weighted by atomic mass is 9.97. The van der Waals surface area contributed by atoms with E-state index in [9.17, 15) is 88.1 Å². The van der Waals surface area contributed by atoms with Crippen LogP contribution >= 0.6 is 26.9 Å². The third kappa shape index (κ3) is 36.0. The molecular weight excluding hydrogens is 1380 g/mol. The fourth-order valence-electron chi connectivity index (χ4n) is 11.4. The predicted octanol–water partition coefficient (Wildman–Crippen LogP) is -0.862. The number of nitrogens with zero attached hydrogens (tertiary/aromatic N) is 2. The van der Waals surface area contributed by atoms with Crippen molar-refractivity contribution >= 4 is 74.1 Å². The van der Waals surface area contributed by atoms with Crippen molar-refractivity contribution in [2.45, 2.75) is 254 Å². The predicted molar refractivity (Wildman–Crippen MR) is 360 cm³/mol. The van der Waals surface area contributed by atoms with Crippen LogP contribution in [0.4, 0.5) is 0 Å². The topological polar surface area (TPSA) is 531 Å². The van der Waals surface area contributed by atoms with Crippen LogP contribution in [0.3, 0.4) is 0 Å². The summed E-state index contributed by atoms with van der Waals surface area (Å²) in [5.41, 5.74) is 5.55. The van der Waals surface area contributed by atoms with Crippen LogP contribution in [0.5, 0.6) is 0 Å². The van der Waals surface area contributed by atoms with E-state index in [0.717, 1.165) is 0 Å². The Morgan fingerprint density at radius 3 is 1.80 bits per heavy atom. The van der Waals surface area contributed by atoms with Crippen LogP contribution in [0.2, 0.25) is 0 Å². The van der Waals surface area contributed by atoms with Crippen molar-refractivity contribution in [3.05, 3.63) is 0 Å². The summed E-state index contributed by atoms with van der Waals surface area (Å²) in [6, 6.07) is -4.59. The van der Waals surface area contributed by atoms with Gasteiger partial charge in [0.2, 0.25) is 47.3 Å². The third-order valence-electron chi connectivity index (χ3n) is 16.8. The van der Waals surface area contributed by atoms with E-state index in [-0.39, 0.29) is 114 Å². The number of aliphatic hydroxyl groups excluding tert-OH is 7. The molecule has 39 heteroatoms. The highest BCUT2D eigenvalue weighted by atomic mass is 32.7. The first-order chi connectivity index (χ1) is 47.6. The average Bonchev–Trinajstić information content (AvgIpc) is 1.24. The molecule has 0 aromatic carbocycles. The Kier molecular flexibility index (Phi) is 44.6. The zero-order valence-electron chi connectivity index (χ0n) is 57.7. The van der Waals surface area contributed by atoms with E-state index in [2.05, 4.69) is 48.8 Å². The molecule has 36 nitrogen and oxygen atoms in total. The molecule has 100 heavy (non-hydrogen) atoms. The highest BCUT2D eigenvalue weighted by molar-refractivity contribution is 8.44. The van der Waals surface area contributed by atoms with Crippen LogP contribution in [0.25, 0.3) is 0 Å². The lowest BCUT2D eigenvalue weighted by molar-refractivity contribution is -0.270. The molecule has 3 saturated heterocycles. The minimum atomic E-state index is -4.80. The average molecular weight is 1500 g/mol. The molecule has 0 bridgehead atoms. The number of unbranched alkanes of at least 4 members (excludes halogenated alkanes) is 9. The summed E-state index contributed by atoms with van der Waals surface area (Å²) in [6.07, 6.45) is -2.30. The standard InChI is InChI=1S/C61H113N9O27P2S/c1-40(74)49(36-72)94-60(48(35-71)66-41(2)75)90-29-17-11-21-52(79)64-27-16-10-19-47(68-53(80)22-12-18-30-91-61-56(67-42(3)76)58(84)57(83)50(37-73)95-61)59(85)65-28-15-5-7-20-51(78)63-26-14-6-9-24-54(81)69-33-45(77)31-43(69)38-92-98(87,88)96-46-32-44(39-93-99(89,100)97-86)70(34-46)55(82)23-8-4-13-25-62/h40,43-50,56-58,60-61,71-74,77,83-84,86H,4-39,62H2,1-3H3,(H,63,78)(H,64,79)(H,65,85)(H,66,75)(H,67,76)(H,68,80)(H,87,88)(H,89,100)/t40-,43+,44+,45-,46-,47+,48?,49?,50?,56+,57+,58-,60-,61?,99?/m1/s1. The van der Waals surface area contributed by atoms with E-state index in [1.54, 1.807) is 0 Å². The molecule has 16 atom stereocenters. The van der Waals surface area contributed by atoms with Gasteiger partial charge in [-0.05, 0) is 110 Å². The number of amides is 8. The van der Waals surface area contributed by atoms with Gasteiger partial charge in [-0.15, -0.1) is 4.67 Å². The number of carbonyl (C=O) groups excluding carboxylic acids is 8. The zero-order chi connectivity index (χ0) is 74.2. The first-order valence-corrected chi connectivity index (χ1v) is 38.8. The summed E-state index contributed by atoms with van der Waals surface area (Å²) in [5, 5.41) is 95.6. The minimum absolute atomic E-state index is 0.00509. The van der Waals surface area contributed by atoms with Gasteiger partial charge in [-0.3, -0.25) is 51.9 Å². The Morgan fingerprint density at radius 1 is 0.660 bits per heavy atom. The number of β-amino-alcohol motifs (C(OH)–C–C–N with tert-alkyl or cyclic N) is 1. The van der Waals surface area contributed by atoms with Crippen molar-refractivity contribution in [1.29, 1.82) is 0 Å². The van der Waals surface area contributed by atoms with Crippen LogP contribution < -0.4 is 37.6 Å².